The van der Waals surface area contributed by atoms with Gasteiger partial charge in [0.2, 0.25) is 10.0 Å². The fourth-order valence-corrected chi connectivity index (χ4v) is 4.09. The van der Waals surface area contributed by atoms with Crippen molar-refractivity contribution in [3.8, 4) is 0 Å². The van der Waals surface area contributed by atoms with E-state index in [1.54, 1.807) is 11.8 Å². The van der Waals surface area contributed by atoms with Gasteiger partial charge in [-0.1, -0.05) is 0 Å². The maximum atomic E-state index is 12.5. The van der Waals surface area contributed by atoms with Crippen LogP contribution in [0.15, 0.2) is 6.07 Å². The Kier molecular flexibility index (Phi) is 5.37. The lowest BCUT2D eigenvalue weighted by Gasteiger charge is -2.32. The second kappa shape index (κ2) is 6.93. The Morgan fingerprint density at radius 2 is 2.26 bits per heavy atom. The van der Waals surface area contributed by atoms with Gasteiger partial charge in [-0.25, -0.2) is 13.1 Å². The van der Waals surface area contributed by atoms with Crippen LogP contribution in [0.3, 0.4) is 0 Å². The van der Waals surface area contributed by atoms with Gasteiger partial charge in [-0.15, -0.1) is 11.3 Å². The van der Waals surface area contributed by atoms with Crippen LogP contribution in [-0.2, 0) is 10.0 Å². The summed E-state index contributed by atoms with van der Waals surface area (Å²) in [6, 6.07) is 1.32. The molecular weight excluding hydrogens is 342 g/mol. The number of nitrogens with one attached hydrogen (secondary N) is 1. The molecule has 1 unspecified atom stereocenters. The van der Waals surface area contributed by atoms with Crippen molar-refractivity contribution in [2.75, 3.05) is 25.9 Å². The predicted octanol–water partition coefficient (Wildman–Crippen LogP) is 1.37. The first kappa shape index (κ1) is 17.8. The zero-order valence-corrected chi connectivity index (χ0v) is 14.6. The van der Waals surface area contributed by atoms with Gasteiger partial charge in [0.25, 0.3) is 11.6 Å². The summed E-state index contributed by atoms with van der Waals surface area (Å²) in [4.78, 5) is 25.4. The van der Waals surface area contributed by atoms with Gasteiger partial charge < -0.3 is 4.90 Å². The first-order valence-corrected chi connectivity index (χ1v) is 9.87. The molecule has 1 fully saturated rings. The second-order valence-electron chi connectivity index (χ2n) is 5.69. The SMILES string of the molecule is Cc1sc(C(=O)N2CCCC(CNS(C)(=O)=O)C2)cc1[N+](=O)[O-]. The first-order chi connectivity index (χ1) is 10.7. The number of amides is 1. The van der Waals surface area contributed by atoms with Gasteiger partial charge in [0, 0.05) is 25.7 Å². The third kappa shape index (κ3) is 4.72. The number of hydrogen-bond acceptors (Lipinski definition) is 6. The summed E-state index contributed by atoms with van der Waals surface area (Å²) in [6.07, 6.45) is 2.73. The Labute approximate surface area is 138 Å². The largest absolute Gasteiger partial charge is 0.338 e. The van der Waals surface area contributed by atoms with Crippen LogP contribution in [0.1, 0.15) is 27.4 Å². The van der Waals surface area contributed by atoms with E-state index >= 15 is 0 Å². The van der Waals surface area contributed by atoms with Crippen LogP contribution in [-0.4, -0.2) is 50.0 Å². The smallest absolute Gasteiger partial charge is 0.283 e. The first-order valence-electron chi connectivity index (χ1n) is 7.16. The van der Waals surface area contributed by atoms with E-state index in [0.717, 1.165) is 30.4 Å². The van der Waals surface area contributed by atoms with E-state index in [2.05, 4.69) is 4.72 Å². The molecule has 2 heterocycles. The summed E-state index contributed by atoms with van der Waals surface area (Å²) in [7, 11) is -3.25. The van der Waals surface area contributed by atoms with E-state index in [0.29, 0.717) is 29.4 Å². The zero-order chi connectivity index (χ0) is 17.2. The highest BCUT2D eigenvalue weighted by atomic mass is 32.2. The van der Waals surface area contributed by atoms with Gasteiger partial charge in [-0.2, -0.15) is 0 Å². The van der Waals surface area contributed by atoms with Crippen LogP contribution in [0.5, 0.6) is 0 Å². The molecule has 1 aliphatic rings. The number of nitro groups is 1. The molecule has 128 valence electrons. The minimum absolute atomic E-state index is 0.0364. The Morgan fingerprint density at radius 3 is 2.83 bits per heavy atom. The quantitative estimate of drug-likeness (QED) is 0.629. The summed E-state index contributed by atoms with van der Waals surface area (Å²) in [5, 5.41) is 10.9. The molecule has 0 aromatic carbocycles. The number of nitrogens with zero attached hydrogens (tertiary/aromatic N) is 2. The van der Waals surface area contributed by atoms with E-state index in [-0.39, 0.29) is 17.5 Å². The second-order valence-corrected chi connectivity index (χ2v) is 8.78. The fourth-order valence-electron chi connectivity index (χ4n) is 2.60. The third-order valence-corrected chi connectivity index (χ3v) is 5.46. The van der Waals surface area contributed by atoms with Crippen LogP contribution < -0.4 is 4.72 Å². The van der Waals surface area contributed by atoms with E-state index in [1.165, 1.54) is 6.07 Å². The number of likely N-dealkylation sites (tertiary alicyclic amines) is 1. The number of carbonyl (C=O) groups is 1. The molecule has 2 rings (SSSR count). The number of thiophene rings is 1. The molecule has 1 aliphatic heterocycles. The number of aryl methyl sites for hydroxylation is 1. The van der Waals surface area contributed by atoms with Crippen molar-refractivity contribution in [2.45, 2.75) is 19.8 Å². The Hall–Kier alpha value is -1.52. The average Bonchev–Trinajstić information content (AvgIpc) is 2.86. The molecule has 1 saturated heterocycles. The van der Waals surface area contributed by atoms with Gasteiger partial charge in [0.05, 0.1) is 20.9 Å². The minimum Gasteiger partial charge on any atom is -0.338 e. The highest BCUT2D eigenvalue weighted by Crippen LogP contribution is 2.30. The molecule has 0 saturated carbocycles. The molecule has 1 amide bonds. The summed E-state index contributed by atoms with van der Waals surface area (Å²) in [5.41, 5.74) is -0.0364. The van der Waals surface area contributed by atoms with Crippen LogP contribution in [0.2, 0.25) is 0 Å². The number of sulfonamides is 1. The van der Waals surface area contributed by atoms with Gasteiger partial charge in [-0.3, -0.25) is 14.9 Å². The van der Waals surface area contributed by atoms with Crippen molar-refractivity contribution in [2.24, 2.45) is 5.92 Å². The van der Waals surface area contributed by atoms with Crippen molar-refractivity contribution < 1.29 is 18.1 Å². The lowest BCUT2D eigenvalue weighted by molar-refractivity contribution is -0.385. The normalized spacial score (nSPS) is 18.9. The van der Waals surface area contributed by atoms with Gasteiger partial charge >= 0.3 is 0 Å². The summed E-state index contributed by atoms with van der Waals surface area (Å²) in [6.45, 7) is 2.95. The zero-order valence-electron chi connectivity index (χ0n) is 12.9. The summed E-state index contributed by atoms with van der Waals surface area (Å²) >= 11 is 1.12. The highest BCUT2D eigenvalue weighted by molar-refractivity contribution is 7.88. The molecule has 1 atom stereocenters. The lowest BCUT2D eigenvalue weighted by Crippen LogP contribution is -2.43. The minimum atomic E-state index is -3.25. The molecule has 1 aromatic heterocycles. The van der Waals surface area contributed by atoms with Crippen molar-refractivity contribution >= 4 is 33.0 Å². The Morgan fingerprint density at radius 1 is 1.57 bits per heavy atom. The molecule has 23 heavy (non-hydrogen) atoms. The number of hydrogen-bond donors (Lipinski definition) is 1. The molecule has 1 aromatic rings. The average molecular weight is 361 g/mol. The standard InChI is InChI=1S/C13H19N3O5S2/c1-9-11(16(18)19)6-12(22-9)13(17)15-5-3-4-10(8-15)7-14-23(2,20)21/h6,10,14H,3-5,7-8H2,1-2H3. The third-order valence-electron chi connectivity index (χ3n) is 3.74. The lowest BCUT2D eigenvalue weighted by atomic mass is 9.98. The van der Waals surface area contributed by atoms with E-state index in [1.807, 2.05) is 0 Å². The van der Waals surface area contributed by atoms with Crippen LogP contribution in [0.25, 0.3) is 0 Å². The molecule has 0 bridgehead atoms. The Balaban J connectivity index is 2.04. The van der Waals surface area contributed by atoms with Gasteiger partial charge in [-0.05, 0) is 25.7 Å². The summed E-state index contributed by atoms with van der Waals surface area (Å²) in [5.74, 6) is -0.172. The number of rotatable bonds is 5. The van der Waals surface area contributed by atoms with Crippen LogP contribution in [0, 0.1) is 23.0 Å². The van der Waals surface area contributed by atoms with Crippen LogP contribution >= 0.6 is 11.3 Å². The summed E-state index contributed by atoms with van der Waals surface area (Å²) < 4.78 is 24.8. The number of carbonyl (C=O) groups excluding carboxylic acids is 1. The molecule has 10 heteroatoms. The van der Waals surface area contributed by atoms with Crippen molar-refractivity contribution in [1.29, 1.82) is 0 Å². The van der Waals surface area contributed by atoms with E-state index in [9.17, 15) is 23.3 Å². The molecule has 0 aliphatic carbocycles. The molecule has 0 spiro atoms. The van der Waals surface area contributed by atoms with Crippen molar-refractivity contribution in [3.63, 3.8) is 0 Å². The van der Waals surface area contributed by atoms with Gasteiger partial charge in [0.1, 0.15) is 0 Å². The monoisotopic (exact) mass is 361 g/mol. The molecule has 0 radical (unpaired) electrons. The Bertz CT molecular complexity index is 713. The molecule has 1 N–H and O–H groups in total. The van der Waals surface area contributed by atoms with E-state index in [4.69, 9.17) is 0 Å². The van der Waals surface area contributed by atoms with Crippen molar-refractivity contribution in [1.82, 2.24) is 9.62 Å². The van der Waals surface area contributed by atoms with Crippen molar-refractivity contribution in [3.05, 3.63) is 25.9 Å². The predicted molar refractivity (Wildman–Crippen MR) is 87.2 cm³/mol. The molecule has 8 nitrogen and oxygen atoms in total. The fraction of sp³-hybridized carbons (Fsp3) is 0.615. The maximum Gasteiger partial charge on any atom is 0.283 e. The highest BCUT2D eigenvalue weighted by Gasteiger charge is 2.28. The topological polar surface area (TPSA) is 110 Å². The molecular formula is C13H19N3O5S2. The van der Waals surface area contributed by atoms with E-state index < -0.39 is 14.9 Å². The maximum absolute atomic E-state index is 12.5. The van der Waals surface area contributed by atoms with Crippen LogP contribution in [0.4, 0.5) is 5.69 Å². The number of piperidine rings is 1. The van der Waals surface area contributed by atoms with Gasteiger partial charge in [0.15, 0.2) is 0 Å².